The van der Waals surface area contributed by atoms with Gasteiger partial charge < -0.3 is 15.2 Å². The van der Waals surface area contributed by atoms with Gasteiger partial charge >= 0.3 is 6.18 Å². The molecule has 0 radical (unpaired) electrons. The summed E-state index contributed by atoms with van der Waals surface area (Å²) in [6.07, 6.45) is -3.35. The van der Waals surface area contributed by atoms with Crippen LogP contribution >= 0.6 is 24.8 Å². The number of halogens is 5. The largest absolute Gasteiger partial charge is 0.416 e. The summed E-state index contributed by atoms with van der Waals surface area (Å²) in [7, 11) is -2.44. The summed E-state index contributed by atoms with van der Waals surface area (Å²) in [5.74, 6) is 0.808. The number of nitrogens with one attached hydrogen (secondary N) is 1. The van der Waals surface area contributed by atoms with Gasteiger partial charge in [0.25, 0.3) is 10.0 Å². The van der Waals surface area contributed by atoms with Crippen molar-refractivity contribution >= 4 is 57.4 Å². The summed E-state index contributed by atoms with van der Waals surface area (Å²) >= 11 is 0. The molecule has 0 amide bonds. The molecule has 0 fully saturated rings. The Hall–Kier alpha value is -3.32. The van der Waals surface area contributed by atoms with Crippen molar-refractivity contribution in [2.45, 2.75) is 37.8 Å². The third kappa shape index (κ3) is 8.23. The molecule has 240 valence electrons. The number of aromatic nitrogens is 2. The van der Waals surface area contributed by atoms with Gasteiger partial charge in [-0.2, -0.15) is 13.2 Å². The second-order valence-corrected chi connectivity index (χ2v) is 11.9. The van der Waals surface area contributed by atoms with Crippen molar-refractivity contribution in [1.82, 2.24) is 14.5 Å². The number of amidine groups is 1. The Labute approximate surface area is 268 Å². The molecule has 44 heavy (non-hydrogen) atoms. The number of sulfonamides is 1. The smallest absolute Gasteiger partial charge is 0.384 e. The molecule has 0 unspecified atom stereocenters. The molecule has 0 aliphatic heterocycles. The molecular formula is C30H37Cl2F3N6O2S. The molecule has 0 saturated carbocycles. The van der Waals surface area contributed by atoms with Gasteiger partial charge in [0, 0.05) is 32.1 Å². The molecular weight excluding hydrogens is 636 g/mol. The van der Waals surface area contributed by atoms with Gasteiger partial charge in [-0.25, -0.2) is 13.4 Å². The molecule has 3 aromatic carbocycles. The van der Waals surface area contributed by atoms with E-state index < -0.39 is 26.7 Å². The van der Waals surface area contributed by atoms with E-state index in [0.29, 0.717) is 55.3 Å². The fourth-order valence-electron chi connectivity index (χ4n) is 4.84. The van der Waals surface area contributed by atoms with Crippen molar-refractivity contribution in [3.05, 3.63) is 89.2 Å². The van der Waals surface area contributed by atoms with Gasteiger partial charge in [0.05, 0.1) is 27.2 Å². The van der Waals surface area contributed by atoms with Crippen LogP contribution in [-0.4, -0.2) is 54.9 Å². The van der Waals surface area contributed by atoms with E-state index in [1.54, 1.807) is 30.3 Å². The van der Waals surface area contributed by atoms with Crippen molar-refractivity contribution in [1.29, 1.82) is 5.41 Å². The van der Waals surface area contributed by atoms with E-state index in [1.807, 2.05) is 37.6 Å². The molecule has 4 rings (SSSR count). The lowest BCUT2D eigenvalue weighted by Crippen LogP contribution is -2.39. The molecule has 8 nitrogen and oxygen atoms in total. The molecule has 0 saturated heterocycles. The Bertz CT molecular complexity index is 1670. The minimum absolute atomic E-state index is 0. The summed E-state index contributed by atoms with van der Waals surface area (Å²) in [4.78, 5) is 6.40. The van der Waals surface area contributed by atoms with Gasteiger partial charge in [-0.3, -0.25) is 9.71 Å². The van der Waals surface area contributed by atoms with E-state index in [2.05, 4.69) is 4.90 Å². The number of rotatable bonds is 12. The number of nitrogens with zero attached hydrogens (tertiary/aromatic N) is 4. The van der Waals surface area contributed by atoms with Gasteiger partial charge in [0.15, 0.2) is 0 Å². The van der Waals surface area contributed by atoms with Gasteiger partial charge in [-0.05, 0) is 61.5 Å². The topological polar surface area (TPSA) is 108 Å². The average molecular weight is 674 g/mol. The van der Waals surface area contributed by atoms with Crippen LogP contribution in [0.15, 0.2) is 71.6 Å². The maximum Gasteiger partial charge on any atom is 0.416 e. The fourth-order valence-corrected chi connectivity index (χ4v) is 6.34. The first kappa shape index (κ1) is 36.9. The normalized spacial score (nSPS) is 11.7. The highest BCUT2D eigenvalue weighted by molar-refractivity contribution is 7.92. The van der Waals surface area contributed by atoms with Crippen molar-refractivity contribution in [3.8, 4) is 0 Å². The minimum Gasteiger partial charge on any atom is -0.384 e. The zero-order chi connectivity index (χ0) is 30.7. The highest BCUT2D eigenvalue weighted by atomic mass is 35.5. The summed E-state index contributed by atoms with van der Waals surface area (Å²) < 4.78 is 71.0. The van der Waals surface area contributed by atoms with Crippen molar-refractivity contribution in [3.63, 3.8) is 0 Å². The first-order valence-corrected chi connectivity index (χ1v) is 15.1. The van der Waals surface area contributed by atoms with Gasteiger partial charge in [-0.1, -0.05) is 44.2 Å². The number of fused-ring (bicyclic) bond motifs is 1. The van der Waals surface area contributed by atoms with Crippen molar-refractivity contribution < 1.29 is 21.6 Å². The standard InChI is InChI=1S/C30H35F3N6O2S.2ClH/c1-4-38(5-2)17-18-39(42(40,41)25-8-6-7-23(19-25)30(31,32)33)24-14-15-27-26(20-24)36-28(37(27)3)16-11-21-9-12-22(13-10-21)29(34)35;;/h6-10,12-15,19-20H,4-5,11,16-18H2,1-3H3,(H3,34,35);2*1H. The lowest BCUT2D eigenvalue weighted by Gasteiger charge is -2.28. The average Bonchev–Trinajstić information content (AvgIpc) is 3.28. The number of hydrogen-bond donors (Lipinski definition) is 2. The number of nitrogen functional groups attached to an aromatic ring is 1. The lowest BCUT2D eigenvalue weighted by molar-refractivity contribution is -0.137. The summed E-state index contributed by atoms with van der Waals surface area (Å²) in [6.45, 7) is 5.80. The van der Waals surface area contributed by atoms with Crippen LogP contribution in [0.3, 0.4) is 0 Å². The molecule has 0 atom stereocenters. The Kier molecular flexibility index (Phi) is 12.7. The van der Waals surface area contributed by atoms with Crippen LogP contribution in [0.1, 0.15) is 36.4 Å². The van der Waals surface area contributed by atoms with E-state index >= 15 is 0 Å². The van der Waals surface area contributed by atoms with Crippen LogP contribution < -0.4 is 10.0 Å². The fraction of sp³-hybridized carbons (Fsp3) is 0.333. The van der Waals surface area contributed by atoms with E-state index in [4.69, 9.17) is 16.1 Å². The molecule has 0 bridgehead atoms. The van der Waals surface area contributed by atoms with Crippen molar-refractivity contribution in [2.75, 3.05) is 30.5 Å². The van der Waals surface area contributed by atoms with Gasteiger partial charge in [-0.15, -0.1) is 24.8 Å². The molecule has 0 aliphatic rings. The summed E-state index contributed by atoms with van der Waals surface area (Å²) in [5, 5.41) is 7.54. The second-order valence-electron chi connectivity index (χ2n) is 10.0. The lowest BCUT2D eigenvalue weighted by atomic mass is 10.1. The Morgan fingerprint density at radius 1 is 0.955 bits per heavy atom. The molecule has 3 N–H and O–H groups in total. The molecule has 4 aromatic rings. The predicted octanol–water partition coefficient (Wildman–Crippen LogP) is 6.04. The SMILES string of the molecule is CCN(CC)CCN(c1ccc2c(c1)nc(CCc1ccc(C(=N)N)cc1)n2C)S(=O)(=O)c1cccc(C(F)(F)F)c1.Cl.Cl. The number of nitrogens with two attached hydrogens (primary N) is 1. The van der Waals surface area contributed by atoms with Crippen LogP contribution in [0.4, 0.5) is 18.9 Å². The number of hydrogen-bond acceptors (Lipinski definition) is 5. The van der Waals surface area contributed by atoms with Gasteiger partial charge in [0.2, 0.25) is 0 Å². The number of imidazole rings is 1. The Morgan fingerprint density at radius 3 is 2.20 bits per heavy atom. The maximum atomic E-state index is 13.8. The van der Waals surface area contributed by atoms with Crippen LogP contribution in [0, 0.1) is 5.41 Å². The molecule has 14 heteroatoms. The number of likely N-dealkylation sites (N-methyl/N-ethyl adjacent to an activating group) is 1. The third-order valence-corrected chi connectivity index (χ3v) is 9.23. The number of aryl methyl sites for hydroxylation is 3. The van der Waals surface area contributed by atoms with E-state index in [-0.39, 0.29) is 37.2 Å². The zero-order valence-corrected chi connectivity index (χ0v) is 27.1. The monoisotopic (exact) mass is 672 g/mol. The second kappa shape index (κ2) is 15.1. The first-order valence-electron chi connectivity index (χ1n) is 13.7. The quantitative estimate of drug-likeness (QED) is 0.141. The Morgan fingerprint density at radius 2 is 1.61 bits per heavy atom. The van der Waals surface area contributed by atoms with Crippen LogP contribution in [0.25, 0.3) is 11.0 Å². The van der Waals surface area contributed by atoms with Crippen molar-refractivity contribution in [2.24, 2.45) is 12.8 Å². The van der Waals surface area contributed by atoms with Crippen LogP contribution in [0.5, 0.6) is 0 Å². The van der Waals surface area contributed by atoms with E-state index in [1.165, 1.54) is 10.4 Å². The van der Waals surface area contributed by atoms with Gasteiger partial charge in [0.1, 0.15) is 11.7 Å². The highest BCUT2D eigenvalue weighted by Gasteiger charge is 2.33. The minimum atomic E-state index is -4.67. The third-order valence-electron chi connectivity index (χ3n) is 7.41. The zero-order valence-electron chi connectivity index (χ0n) is 24.6. The first-order chi connectivity index (χ1) is 19.8. The number of anilines is 1. The molecule has 0 spiro atoms. The predicted molar refractivity (Wildman–Crippen MR) is 174 cm³/mol. The summed E-state index contributed by atoms with van der Waals surface area (Å²) in [5.41, 5.74) is 7.95. The van der Waals surface area contributed by atoms with E-state index in [0.717, 1.165) is 29.0 Å². The molecule has 0 aliphatic carbocycles. The van der Waals surface area contributed by atoms with Crippen LogP contribution in [-0.2, 0) is 36.1 Å². The maximum absolute atomic E-state index is 13.8. The molecule has 1 aromatic heterocycles. The number of alkyl halides is 3. The molecule has 1 heterocycles. The van der Waals surface area contributed by atoms with Crippen LogP contribution in [0.2, 0.25) is 0 Å². The van der Waals surface area contributed by atoms with E-state index in [9.17, 15) is 21.6 Å². The highest BCUT2D eigenvalue weighted by Crippen LogP contribution is 2.33. The Balaban J connectivity index is 0.00000337. The number of benzene rings is 3. The summed E-state index contributed by atoms with van der Waals surface area (Å²) in [6, 6.07) is 16.4.